The van der Waals surface area contributed by atoms with Gasteiger partial charge in [0.2, 0.25) is 17.7 Å². The number of aromatic nitrogens is 6. The van der Waals surface area contributed by atoms with Crippen molar-refractivity contribution in [2.24, 2.45) is 5.73 Å². The van der Waals surface area contributed by atoms with E-state index >= 15 is 17.6 Å². The largest absolute Gasteiger partial charge is 0.481 e. The summed E-state index contributed by atoms with van der Waals surface area (Å²) in [4.78, 5) is 28.8. The Hall–Kier alpha value is -6.73. The standard InChI is InChI=1S/C31H34ClF2N5O3S.C23H17ClF3N3O3S.C8H18N2.CH4/c1-5-21-28(34)22(14-18-16-35-31(38-29(18)21)36-19-10-12-20(13-11-19)39(2)3)23-15-25(33)26(37-30(23)42-4)17-43(40,41)27-9-7-6-8-24(27)32;1-3-13-20(26)14(8-12-10-28-23(27)30-21(12)13)15-9-17(25)18(29-22(15)33-2)11-34(31,32)19-7-5-4-6-16(19)24;1-10(2)8-5-3-7(9)4-6-8;/h6-9,14-16,19-20H,5,10-13,17H2,1-4H3,(H,35,36,38);4-10H,3,11H2,1-2H3;7-8H,3-6,9H2,1-2H3;1H4. The highest BCUT2D eigenvalue weighted by Gasteiger charge is 2.29. The smallest absolute Gasteiger partial charge is 0.309 e. The second-order valence-electron chi connectivity index (χ2n) is 21.8. The number of nitrogens with one attached hydrogen (secondary N) is 1. The zero-order valence-corrected chi connectivity index (χ0v) is 52.6. The van der Waals surface area contributed by atoms with E-state index in [-0.39, 0.29) is 90.5 Å². The molecule has 0 amide bonds. The van der Waals surface area contributed by atoms with E-state index in [2.05, 4.69) is 73.2 Å². The summed E-state index contributed by atoms with van der Waals surface area (Å²) < 4.78 is 138. The minimum absolute atomic E-state index is 0. The molecule has 0 radical (unpaired) electrons. The van der Waals surface area contributed by atoms with Gasteiger partial charge in [-0.2, -0.15) is 4.39 Å². The van der Waals surface area contributed by atoms with Gasteiger partial charge in [0.15, 0.2) is 19.7 Å². The Morgan fingerprint density at radius 1 is 0.580 bits per heavy atom. The Kier molecular flexibility index (Phi) is 23.2. The first-order chi connectivity index (χ1) is 41.4. The molecule has 472 valence electrons. The van der Waals surface area contributed by atoms with Crippen molar-refractivity contribution in [3.63, 3.8) is 0 Å². The lowest BCUT2D eigenvalue weighted by Gasteiger charge is -2.33. The molecule has 0 unspecified atom stereocenters. The Bertz CT molecular complexity index is 4030. The predicted octanol–water partition coefficient (Wildman–Crippen LogP) is 13.2. The Balaban J connectivity index is 0.000000218. The van der Waals surface area contributed by atoms with Gasteiger partial charge in [0.05, 0.1) is 56.5 Å². The van der Waals surface area contributed by atoms with Crippen LogP contribution in [0.4, 0.5) is 27.9 Å². The summed E-state index contributed by atoms with van der Waals surface area (Å²) in [7, 11) is 2.99. The number of nitrogens with zero attached hydrogens (tertiary/aromatic N) is 8. The zero-order chi connectivity index (χ0) is 63.1. The Morgan fingerprint density at radius 2 is 0.989 bits per heavy atom. The van der Waals surface area contributed by atoms with Gasteiger partial charge in [0.1, 0.15) is 34.8 Å². The van der Waals surface area contributed by atoms with Crippen LogP contribution in [0.1, 0.15) is 95.2 Å². The molecule has 4 aromatic heterocycles. The van der Waals surface area contributed by atoms with Crippen LogP contribution >= 0.6 is 23.2 Å². The molecular formula is C63H73Cl2F5N10O6S2. The molecule has 0 saturated heterocycles. The summed E-state index contributed by atoms with van der Waals surface area (Å²) in [6.45, 7) is 3.48. The number of anilines is 1. The van der Waals surface area contributed by atoms with E-state index in [9.17, 15) is 21.2 Å². The fraction of sp³-hybridized carbons (Fsp3) is 0.397. The van der Waals surface area contributed by atoms with E-state index in [1.54, 1.807) is 25.3 Å². The van der Waals surface area contributed by atoms with Crippen molar-refractivity contribution < 1.29 is 48.3 Å². The molecule has 10 rings (SSSR count). The fourth-order valence-electron chi connectivity index (χ4n) is 10.9. The van der Waals surface area contributed by atoms with Crippen LogP contribution in [0, 0.1) is 29.3 Å². The number of sulfone groups is 2. The molecule has 0 aliphatic heterocycles. The van der Waals surface area contributed by atoms with E-state index in [4.69, 9.17) is 38.4 Å². The molecule has 4 heterocycles. The van der Waals surface area contributed by atoms with Crippen LogP contribution in [0.15, 0.2) is 95.0 Å². The second-order valence-corrected chi connectivity index (χ2v) is 26.6. The van der Waals surface area contributed by atoms with E-state index in [0.717, 1.165) is 43.9 Å². The van der Waals surface area contributed by atoms with Crippen LogP contribution in [0.5, 0.6) is 11.8 Å². The predicted molar refractivity (Wildman–Crippen MR) is 336 cm³/mol. The number of nitrogens with two attached hydrogens (primary N) is 1. The summed E-state index contributed by atoms with van der Waals surface area (Å²) in [5.74, 6) is -4.61. The van der Waals surface area contributed by atoms with E-state index in [1.807, 2.05) is 6.92 Å². The van der Waals surface area contributed by atoms with Crippen molar-refractivity contribution in [1.82, 2.24) is 39.7 Å². The van der Waals surface area contributed by atoms with Crippen molar-refractivity contribution in [3.05, 3.63) is 147 Å². The van der Waals surface area contributed by atoms with E-state index < -0.39 is 66.2 Å². The lowest BCUT2D eigenvalue weighted by Crippen LogP contribution is -2.36. The van der Waals surface area contributed by atoms with Crippen LogP contribution in [-0.4, -0.2) is 123 Å². The molecule has 0 bridgehead atoms. The maximum absolute atomic E-state index is 16.1. The highest BCUT2D eigenvalue weighted by molar-refractivity contribution is 7.91. The molecule has 4 aromatic carbocycles. The monoisotopic (exact) mass is 1290 g/mol. The number of halogens is 7. The number of fused-ring (bicyclic) bond motifs is 2. The van der Waals surface area contributed by atoms with Gasteiger partial charge in [0.25, 0.3) is 0 Å². The molecule has 25 heteroatoms. The van der Waals surface area contributed by atoms with Crippen LogP contribution < -0.4 is 20.5 Å². The maximum Gasteiger partial charge on any atom is 0.309 e. The summed E-state index contributed by atoms with van der Waals surface area (Å²) in [6, 6.07) is 18.6. The second kappa shape index (κ2) is 29.7. The van der Waals surface area contributed by atoms with Gasteiger partial charge in [-0.05, 0) is 141 Å². The molecule has 16 nitrogen and oxygen atoms in total. The number of benzene rings is 4. The number of pyridine rings is 2. The minimum Gasteiger partial charge on any atom is -0.481 e. The molecule has 2 saturated carbocycles. The van der Waals surface area contributed by atoms with Crippen molar-refractivity contribution >= 4 is 70.6 Å². The molecule has 2 aliphatic rings. The number of methoxy groups -OCH3 is 2. The van der Waals surface area contributed by atoms with Crippen LogP contribution in [0.25, 0.3) is 44.1 Å². The summed E-state index contributed by atoms with van der Waals surface area (Å²) in [5.41, 5.74) is 6.03. The highest BCUT2D eigenvalue weighted by Crippen LogP contribution is 2.40. The molecule has 88 heavy (non-hydrogen) atoms. The molecule has 8 aromatic rings. The summed E-state index contributed by atoms with van der Waals surface area (Å²) >= 11 is 12.1. The Labute approximate surface area is 521 Å². The first kappa shape index (κ1) is 68.8. The van der Waals surface area contributed by atoms with Gasteiger partial charge in [-0.25, -0.2) is 64.3 Å². The zero-order valence-electron chi connectivity index (χ0n) is 49.4. The molecule has 2 fully saturated rings. The maximum atomic E-state index is 16.1. The third-order valence-corrected chi connectivity index (χ3v) is 20.0. The first-order valence-corrected chi connectivity index (χ1v) is 32.3. The topological polar surface area (TPSA) is 209 Å². The quantitative estimate of drug-likeness (QED) is 0.0681. The summed E-state index contributed by atoms with van der Waals surface area (Å²) in [5, 5.41) is 4.34. The minimum atomic E-state index is -4.04. The van der Waals surface area contributed by atoms with E-state index in [1.165, 1.54) is 94.6 Å². The van der Waals surface area contributed by atoms with Crippen molar-refractivity contribution in [1.29, 1.82) is 0 Å². The van der Waals surface area contributed by atoms with Crippen molar-refractivity contribution in [2.45, 2.75) is 131 Å². The number of ether oxygens (including phenoxy) is 2. The first-order valence-electron chi connectivity index (χ1n) is 28.3. The van der Waals surface area contributed by atoms with Gasteiger partial charge in [-0.3, -0.25) is 0 Å². The van der Waals surface area contributed by atoms with Crippen molar-refractivity contribution in [3.8, 4) is 34.0 Å². The fourth-order valence-corrected chi connectivity index (χ4v) is 14.6. The van der Waals surface area contributed by atoms with Gasteiger partial charge < -0.3 is 30.3 Å². The average Bonchev–Trinajstić information content (AvgIpc) is 0.884. The highest BCUT2D eigenvalue weighted by atomic mass is 35.5. The van der Waals surface area contributed by atoms with Crippen LogP contribution in [-0.2, 0) is 44.0 Å². The molecule has 0 atom stereocenters. The number of rotatable bonds is 16. The van der Waals surface area contributed by atoms with Gasteiger partial charge >= 0.3 is 6.08 Å². The van der Waals surface area contributed by atoms with Gasteiger partial charge in [0, 0.05) is 80.7 Å². The van der Waals surface area contributed by atoms with Crippen molar-refractivity contribution in [2.75, 3.05) is 47.7 Å². The van der Waals surface area contributed by atoms with E-state index in [0.29, 0.717) is 46.3 Å². The molecule has 2 aliphatic carbocycles. The normalized spacial score (nSPS) is 17.0. The Morgan fingerprint density at radius 3 is 1.40 bits per heavy atom. The number of aryl methyl sites for hydroxylation is 2. The molecule has 0 spiro atoms. The third-order valence-electron chi connectivity index (χ3n) is 15.7. The summed E-state index contributed by atoms with van der Waals surface area (Å²) in [6.07, 6.45) is 11.5. The number of hydrogen-bond acceptors (Lipinski definition) is 16. The average molecular weight is 1300 g/mol. The van der Waals surface area contributed by atoms with Gasteiger partial charge in [-0.15, -0.1) is 0 Å². The lowest BCUT2D eigenvalue weighted by atomic mass is 9.90. The SMILES string of the molecule is C.CCc1c(F)c(-c2cc(F)c(CS(=O)(=O)c3ccccc3Cl)nc2OC)cc2cnc(F)nc12.CCc1c(F)c(-c2cc(F)c(CS(=O)(=O)c3ccccc3Cl)nc2OC)cc2cnc(NC3CCC(N(C)C)CC3)nc12.CN(C)C1CCC(N)CC1. The van der Waals surface area contributed by atoms with Gasteiger partial charge in [-0.1, -0.05) is 68.7 Å². The molecule has 3 N–H and O–H groups in total. The third kappa shape index (κ3) is 15.8. The number of hydrogen-bond donors (Lipinski definition) is 2. The lowest BCUT2D eigenvalue weighted by molar-refractivity contribution is 0.217. The van der Waals surface area contributed by atoms with Crippen LogP contribution in [0.2, 0.25) is 10.0 Å². The van der Waals surface area contributed by atoms with Crippen LogP contribution in [0.3, 0.4) is 0 Å². The molecular weight excluding hydrogens is 1220 g/mol.